The lowest BCUT2D eigenvalue weighted by molar-refractivity contribution is -0.135. The first kappa shape index (κ1) is 23.5. The fraction of sp³-hybridized carbons (Fsp3) is 0.259. The fourth-order valence-corrected chi connectivity index (χ4v) is 4.71. The molecule has 0 bridgehead atoms. The average Bonchev–Trinajstić information content (AvgIpc) is 3.18. The van der Waals surface area contributed by atoms with Crippen molar-refractivity contribution in [3.05, 3.63) is 70.9 Å². The molecule has 5 amide bonds. The lowest BCUT2D eigenvalue weighted by atomic mass is 10.0. The molecule has 2 aromatic carbocycles. The number of anilines is 1. The van der Waals surface area contributed by atoms with Crippen LogP contribution >= 0.6 is 0 Å². The average molecular weight is 487 g/mol. The fourth-order valence-electron chi connectivity index (χ4n) is 4.71. The number of fused-ring (bicyclic) bond motifs is 1. The number of hydrogen-bond acceptors (Lipinski definition) is 5. The zero-order valence-electron chi connectivity index (χ0n) is 20.1. The predicted molar refractivity (Wildman–Crippen MR) is 134 cm³/mol. The zero-order chi connectivity index (χ0) is 25.4. The van der Waals surface area contributed by atoms with Gasteiger partial charge in [0.05, 0.1) is 18.9 Å². The van der Waals surface area contributed by atoms with E-state index in [0.29, 0.717) is 37.6 Å². The lowest BCUT2D eigenvalue weighted by Gasteiger charge is -2.27. The molecule has 1 N–H and O–H groups in total. The second kappa shape index (κ2) is 9.43. The highest BCUT2D eigenvalue weighted by molar-refractivity contribution is 6.39. The van der Waals surface area contributed by atoms with Crippen LogP contribution in [0.1, 0.15) is 16.7 Å². The molecule has 3 heterocycles. The molecule has 5 rings (SSSR count). The highest BCUT2D eigenvalue weighted by Gasteiger charge is 2.37. The van der Waals surface area contributed by atoms with E-state index >= 15 is 0 Å². The van der Waals surface area contributed by atoms with Gasteiger partial charge in [0.15, 0.2) is 0 Å². The van der Waals surface area contributed by atoms with Gasteiger partial charge in [-0.25, -0.2) is 9.69 Å². The number of imide groups is 2. The Balaban J connectivity index is 1.51. The number of nitrogens with zero attached hydrogens (tertiary/aromatic N) is 3. The van der Waals surface area contributed by atoms with E-state index in [1.165, 1.54) is 6.08 Å². The van der Waals surface area contributed by atoms with Crippen molar-refractivity contribution in [2.45, 2.75) is 20.4 Å². The van der Waals surface area contributed by atoms with Crippen molar-refractivity contribution in [1.29, 1.82) is 0 Å². The van der Waals surface area contributed by atoms with E-state index in [2.05, 4.69) is 5.32 Å². The monoisotopic (exact) mass is 486 g/mol. The number of barbiturate groups is 1. The van der Waals surface area contributed by atoms with Gasteiger partial charge in [0.25, 0.3) is 11.8 Å². The molecule has 0 radical (unpaired) electrons. The third-order valence-electron chi connectivity index (χ3n) is 6.35. The summed E-state index contributed by atoms with van der Waals surface area (Å²) in [5.74, 6) is -1.49. The molecule has 0 aliphatic carbocycles. The number of carbonyl (C=O) groups is 4. The number of morpholine rings is 1. The number of benzene rings is 2. The third kappa shape index (κ3) is 4.40. The number of aryl methyl sites for hydroxylation is 2. The molecular formula is C27H26N4O5. The standard InChI is InChI=1S/C27H26N4O5/c1-17-11-18(2)13-20(12-17)31-26(34)22(25(33)28-27(31)35)14-19-15-30(23-6-4-3-5-21(19)23)16-24(32)29-7-9-36-10-8-29/h3-6,11-15H,7-10,16H2,1-2H3,(H,28,33,35)/b22-14+. The Morgan fingerprint density at radius 2 is 1.72 bits per heavy atom. The maximum absolute atomic E-state index is 13.4. The van der Waals surface area contributed by atoms with Gasteiger partial charge in [0.2, 0.25) is 5.91 Å². The molecule has 0 spiro atoms. The first-order chi connectivity index (χ1) is 17.3. The molecule has 9 nitrogen and oxygen atoms in total. The van der Waals surface area contributed by atoms with Crippen LogP contribution in [0.4, 0.5) is 10.5 Å². The van der Waals surface area contributed by atoms with Crippen molar-refractivity contribution in [3.8, 4) is 0 Å². The smallest absolute Gasteiger partial charge is 0.335 e. The molecule has 2 aliphatic heterocycles. The van der Waals surface area contributed by atoms with Gasteiger partial charge in [-0.1, -0.05) is 24.3 Å². The van der Waals surface area contributed by atoms with Gasteiger partial charge in [0, 0.05) is 35.8 Å². The van der Waals surface area contributed by atoms with Crippen LogP contribution in [0.15, 0.2) is 54.2 Å². The highest BCUT2D eigenvalue weighted by atomic mass is 16.5. The number of carbonyl (C=O) groups excluding carboxylic acids is 4. The number of urea groups is 1. The number of ether oxygens (including phenoxy) is 1. The molecule has 2 fully saturated rings. The van der Waals surface area contributed by atoms with Crippen LogP contribution < -0.4 is 10.2 Å². The zero-order valence-corrected chi connectivity index (χ0v) is 20.1. The molecule has 0 saturated carbocycles. The van der Waals surface area contributed by atoms with Gasteiger partial charge in [-0.05, 0) is 49.2 Å². The summed E-state index contributed by atoms with van der Waals surface area (Å²) in [6, 6.07) is 12.1. The Hall–Kier alpha value is -4.24. The Labute approximate surface area is 207 Å². The van der Waals surface area contributed by atoms with Crippen LogP contribution in [0.3, 0.4) is 0 Å². The van der Waals surface area contributed by atoms with Crippen molar-refractivity contribution < 1.29 is 23.9 Å². The predicted octanol–water partition coefficient (Wildman–Crippen LogP) is 2.78. The molecule has 0 unspecified atom stereocenters. The molecule has 3 aromatic rings. The van der Waals surface area contributed by atoms with Crippen LogP contribution in [0.25, 0.3) is 17.0 Å². The molecule has 9 heteroatoms. The summed E-state index contributed by atoms with van der Waals surface area (Å²) < 4.78 is 7.15. The van der Waals surface area contributed by atoms with Crippen molar-refractivity contribution in [1.82, 2.24) is 14.8 Å². The summed E-state index contributed by atoms with van der Waals surface area (Å²) in [7, 11) is 0. The number of para-hydroxylation sites is 1. The molecule has 2 aliphatic rings. The number of nitrogens with one attached hydrogen (secondary N) is 1. The number of rotatable bonds is 4. The SMILES string of the molecule is Cc1cc(C)cc(N2C(=O)NC(=O)/C(=C\c3cn(CC(=O)N4CCOCC4)c4ccccc34)C2=O)c1. The highest BCUT2D eigenvalue weighted by Crippen LogP contribution is 2.27. The topological polar surface area (TPSA) is 101 Å². The van der Waals surface area contributed by atoms with Gasteiger partial charge >= 0.3 is 6.03 Å². The summed E-state index contributed by atoms with van der Waals surface area (Å²) in [6.07, 6.45) is 3.24. The minimum absolute atomic E-state index is 0.0312. The maximum atomic E-state index is 13.4. The molecule has 36 heavy (non-hydrogen) atoms. The lowest BCUT2D eigenvalue weighted by Crippen LogP contribution is -2.54. The van der Waals surface area contributed by atoms with Crippen LogP contribution in [-0.2, 0) is 25.7 Å². The van der Waals surface area contributed by atoms with Crippen molar-refractivity contribution in [2.75, 3.05) is 31.2 Å². The summed E-state index contributed by atoms with van der Waals surface area (Å²) in [5, 5.41) is 3.06. The maximum Gasteiger partial charge on any atom is 0.335 e. The van der Waals surface area contributed by atoms with Crippen molar-refractivity contribution in [3.63, 3.8) is 0 Å². The van der Waals surface area contributed by atoms with E-state index in [4.69, 9.17) is 4.74 Å². The van der Waals surface area contributed by atoms with E-state index in [1.807, 2.05) is 48.7 Å². The largest absolute Gasteiger partial charge is 0.378 e. The van der Waals surface area contributed by atoms with Crippen LogP contribution in [0, 0.1) is 13.8 Å². The number of aromatic nitrogens is 1. The quantitative estimate of drug-likeness (QED) is 0.452. The van der Waals surface area contributed by atoms with Gasteiger partial charge in [0.1, 0.15) is 12.1 Å². The minimum Gasteiger partial charge on any atom is -0.378 e. The number of hydrogen-bond donors (Lipinski definition) is 1. The van der Waals surface area contributed by atoms with Crippen molar-refractivity contribution >= 4 is 46.4 Å². The van der Waals surface area contributed by atoms with E-state index in [1.54, 1.807) is 23.2 Å². The molecule has 184 valence electrons. The van der Waals surface area contributed by atoms with E-state index in [-0.39, 0.29) is 18.0 Å². The summed E-state index contributed by atoms with van der Waals surface area (Å²) in [5.41, 5.74) is 3.43. The Morgan fingerprint density at radius 3 is 2.44 bits per heavy atom. The summed E-state index contributed by atoms with van der Waals surface area (Å²) in [4.78, 5) is 54.4. The van der Waals surface area contributed by atoms with E-state index < -0.39 is 17.8 Å². The van der Waals surface area contributed by atoms with Crippen molar-refractivity contribution in [2.24, 2.45) is 0 Å². The summed E-state index contributed by atoms with van der Waals surface area (Å²) >= 11 is 0. The van der Waals surface area contributed by atoms with Crippen LogP contribution in [0.5, 0.6) is 0 Å². The normalized spacial score (nSPS) is 17.7. The van der Waals surface area contributed by atoms with Gasteiger partial charge < -0.3 is 14.2 Å². The molecule has 0 atom stereocenters. The molecule has 1 aromatic heterocycles. The summed E-state index contributed by atoms with van der Waals surface area (Å²) in [6.45, 7) is 6.00. The number of amides is 5. The van der Waals surface area contributed by atoms with Gasteiger partial charge in [-0.2, -0.15) is 0 Å². The van der Waals surface area contributed by atoms with Gasteiger partial charge in [-0.3, -0.25) is 19.7 Å². The first-order valence-electron chi connectivity index (χ1n) is 11.7. The second-order valence-corrected chi connectivity index (χ2v) is 9.03. The molecule has 2 saturated heterocycles. The van der Waals surface area contributed by atoms with E-state index in [9.17, 15) is 19.2 Å². The Bertz CT molecular complexity index is 1410. The second-order valence-electron chi connectivity index (χ2n) is 9.03. The van der Waals surface area contributed by atoms with E-state index in [0.717, 1.165) is 26.9 Å². The first-order valence-corrected chi connectivity index (χ1v) is 11.7. The van der Waals surface area contributed by atoms with Crippen LogP contribution in [-0.4, -0.2) is 59.5 Å². The molecular weight excluding hydrogens is 460 g/mol. The third-order valence-corrected chi connectivity index (χ3v) is 6.35. The Kier molecular flexibility index (Phi) is 6.15. The Morgan fingerprint density at radius 1 is 1.03 bits per heavy atom. The minimum atomic E-state index is -0.786. The van der Waals surface area contributed by atoms with Gasteiger partial charge in [-0.15, -0.1) is 0 Å². The van der Waals surface area contributed by atoms with Crippen LogP contribution in [0.2, 0.25) is 0 Å².